The molecule has 1 atom stereocenters. The molecule has 0 saturated heterocycles. The molecule has 2 aromatic rings. The number of aryl methyl sites for hydroxylation is 2. The van der Waals surface area contributed by atoms with Crippen molar-refractivity contribution >= 4 is 5.97 Å². The van der Waals surface area contributed by atoms with Gasteiger partial charge in [0.05, 0.1) is 6.61 Å². The molecule has 0 radical (unpaired) electrons. The summed E-state index contributed by atoms with van der Waals surface area (Å²) < 4.78 is 5.31. The van der Waals surface area contributed by atoms with Crippen molar-refractivity contribution in [2.45, 2.75) is 78.1 Å². The number of unbranched alkanes of at least 4 members (excludes halogenated alkanes) is 2. The van der Waals surface area contributed by atoms with Crippen LogP contribution in [0.1, 0.15) is 76.3 Å². The number of hydrogen-bond acceptors (Lipinski definition) is 3. The van der Waals surface area contributed by atoms with Crippen LogP contribution in [-0.2, 0) is 22.4 Å². The number of benzene rings is 2. The second-order valence-electron chi connectivity index (χ2n) is 10.5. The molecular formula is C32H44O3. The lowest BCUT2D eigenvalue weighted by molar-refractivity contribution is -0.141. The fourth-order valence-corrected chi connectivity index (χ4v) is 5.27. The van der Waals surface area contributed by atoms with E-state index in [1.54, 1.807) is 6.92 Å². The van der Waals surface area contributed by atoms with Gasteiger partial charge in [-0.2, -0.15) is 0 Å². The molecular weight excluding hydrogens is 432 g/mol. The van der Waals surface area contributed by atoms with Gasteiger partial charge in [-0.15, -0.1) is 0 Å². The first-order valence-electron chi connectivity index (χ1n) is 13.6. The maximum atomic E-state index is 11.7. The van der Waals surface area contributed by atoms with E-state index in [4.69, 9.17) is 4.74 Å². The Labute approximate surface area is 212 Å². The summed E-state index contributed by atoms with van der Waals surface area (Å²) in [5.41, 5.74) is 5.84. The molecule has 0 spiro atoms. The minimum Gasteiger partial charge on any atom is -0.462 e. The number of ether oxygens (including phenoxy) is 1. The van der Waals surface area contributed by atoms with Crippen LogP contribution in [0.4, 0.5) is 0 Å². The maximum absolute atomic E-state index is 11.7. The fraction of sp³-hybridized carbons (Fsp3) is 0.531. The molecule has 1 aliphatic rings. The van der Waals surface area contributed by atoms with Crippen molar-refractivity contribution in [3.63, 3.8) is 0 Å². The fourth-order valence-electron chi connectivity index (χ4n) is 5.27. The molecule has 1 N–H and O–H groups in total. The largest absolute Gasteiger partial charge is 0.462 e. The number of aliphatic hydroxyl groups is 1. The Bertz CT molecular complexity index is 905. The zero-order valence-electron chi connectivity index (χ0n) is 21.8. The Morgan fingerprint density at radius 2 is 1.51 bits per heavy atom. The average Bonchev–Trinajstić information content (AvgIpc) is 2.89. The summed E-state index contributed by atoms with van der Waals surface area (Å²) in [7, 11) is 0. The Morgan fingerprint density at radius 1 is 0.943 bits per heavy atom. The van der Waals surface area contributed by atoms with E-state index in [1.807, 2.05) is 0 Å². The van der Waals surface area contributed by atoms with E-state index < -0.39 is 0 Å². The van der Waals surface area contributed by atoms with Crippen molar-refractivity contribution < 1.29 is 14.6 Å². The summed E-state index contributed by atoms with van der Waals surface area (Å²) in [5, 5.41) is 9.80. The summed E-state index contributed by atoms with van der Waals surface area (Å²) in [5.74, 6) is 0.856. The minimum absolute atomic E-state index is 0.0391. The number of aliphatic hydroxyl groups excluding tert-OH is 1. The Balaban J connectivity index is 1.41. The minimum atomic E-state index is -0.359. The molecule has 190 valence electrons. The zero-order chi connectivity index (χ0) is 25.0. The Hall–Kier alpha value is -2.39. The molecule has 1 aliphatic carbocycles. The van der Waals surface area contributed by atoms with Gasteiger partial charge in [-0.25, -0.2) is 4.79 Å². The van der Waals surface area contributed by atoms with Crippen LogP contribution >= 0.6 is 0 Å². The van der Waals surface area contributed by atoms with Gasteiger partial charge in [0.1, 0.15) is 0 Å². The first-order valence-corrected chi connectivity index (χ1v) is 13.6. The summed E-state index contributed by atoms with van der Waals surface area (Å²) in [4.78, 5) is 11.7. The van der Waals surface area contributed by atoms with Crippen LogP contribution in [0, 0.1) is 17.8 Å². The van der Waals surface area contributed by atoms with E-state index in [-0.39, 0.29) is 18.5 Å². The standard InChI is InChI=1S/C32H44O3/c1-4-5-6-7-25-10-16-28(17-11-25)29-18-12-26(13-19-29)8-9-27-14-20-30(21-15-27)31(22-33)23-35-32(34)24(2)3/h10-13,16-19,27,30-31,33H,2,4-9,14-15,20-23H2,1,3H3. The number of rotatable bonds is 13. The van der Waals surface area contributed by atoms with Gasteiger partial charge in [-0.3, -0.25) is 0 Å². The molecule has 0 bridgehead atoms. The molecule has 0 amide bonds. The third-order valence-electron chi connectivity index (χ3n) is 7.72. The zero-order valence-corrected chi connectivity index (χ0v) is 21.8. The van der Waals surface area contributed by atoms with E-state index in [1.165, 1.54) is 67.2 Å². The first kappa shape index (κ1) is 27.2. The summed E-state index contributed by atoms with van der Waals surface area (Å²) in [6.45, 7) is 7.90. The lowest BCUT2D eigenvalue weighted by Gasteiger charge is -2.33. The Kier molecular flexibility index (Phi) is 11.1. The van der Waals surface area contributed by atoms with Crippen LogP contribution in [0.3, 0.4) is 0 Å². The van der Waals surface area contributed by atoms with Gasteiger partial charge < -0.3 is 9.84 Å². The highest BCUT2D eigenvalue weighted by atomic mass is 16.5. The van der Waals surface area contributed by atoms with Crippen LogP contribution in [-0.4, -0.2) is 24.3 Å². The molecule has 35 heavy (non-hydrogen) atoms. The van der Waals surface area contributed by atoms with Crippen LogP contribution in [0.2, 0.25) is 0 Å². The van der Waals surface area contributed by atoms with Crippen molar-refractivity contribution in [2.75, 3.05) is 13.2 Å². The molecule has 2 aromatic carbocycles. The molecule has 1 fully saturated rings. The first-order chi connectivity index (χ1) is 17.0. The highest BCUT2D eigenvalue weighted by Crippen LogP contribution is 2.36. The van der Waals surface area contributed by atoms with E-state index in [9.17, 15) is 9.90 Å². The van der Waals surface area contributed by atoms with Gasteiger partial charge >= 0.3 is 5.97 Å². The quantitative estimate of drug-likeness (QED) is 0.184. The predicted molar refractivity (Wildman–Crippen MR) is 145 cm³/mol. The molecule has 1 saturated carbocycles. The van der Waals surface area contributed by atoms with E-state index in [2.05, 4.69) is 62.0 Å². The maximum Gasteiger partial charge on any atom is 0.333 e. The van der Waals surface area contributed by atoms with Gasteiger partial charge in [0, 0.05) is 18.1 Å². The van der Waals surface area contributed by atoms with Crippen LogP contribution in [0.5, 0.6) is 0 Å². The van der Waals surface area contributed by atoms with Gasteiger partial charge in [-0.05, 0) is 79.5 Å². The number of carbonyl (C=O) groups is 1. The second-order valence-corrected chi connectivity index (χ2v) is 10.5. The van der Waals surface area contributed by atoms with Crippen molar-refractivity contribution in [2.24, 2.45) is 17.8 Å². The van der Waals surface area contributed by atoms with Crippen LogP contribution in [0.25, 0.3) is 11.1 Å². The topological polar surface area (TPSA) is 46.5 Å². The smallest absolute Gasteiger partial charge is 0.333 e. The highest BCUT2D eigenvalue weighted by Gasteiger charge is 2.28. The normalized spacial score (nSPS) is 18.7. The second kappa shape index (κ2) is 14.2. The van der Waals surface area contributed by atoms with Gasteiger partial charge in [0.2, 0.25) is 0 Å². The summed E-state index contributed by atoms with van der Waals surface area (Å²) in [6.07, 6.45) is 12.0. The Morgan fingerprint density at radius 3 is 2.03 bits per heavy atom. The molecule has 0 aromatic heterocycles. The molecule has 0 aliphatic heterocycles. The van der Waals surface area contributed by atoms with Crippen LogP contribution < -0.4 is 0 Å². The van der Waals surface area contributed by atoms with E-state index in [0.717, 1.165) is 25.2 Å². The summed E-state index contributed by atoms with van der Waals surface area (Å²) in [6, 6.07) is 18.2. The summed E-state index contributed by atoms with van der Waals surface area (Å²) >= 11 is 0. The third kappa shape index (κ3) is 8.65. The lowest BCUT2D eigenvalue weighted by Crippen LogP contribution is -2.29. The van der Waals surface area contributed by atoms with Crippen molar-refractivity contribution in [3.8, 4) is 11.1 Å². The third-order valence-corrected chi connectivity index (χ3v) is 7.72. The van der Waals surface area contributed by atoms with Gasteiger partial charge in [0.25, 0.3) is 0 Å². The lowest BCUT2D eigenvalue weighted by atomic mass is 9.74. The van der Waals surface area contributed by atoms with Gasteiger partial charge in [-0.1, -0.05) is 87.7 Å². The average molecular weight is 477 g/mol. The number of hydrogen-bond donors (Lipinski definition) is 1. The van der Waals surface area contributed by atoms with Crippen LogP contribution in [0.15, 0.2) is 60.7 Å². The van der Waals surface area contributed by atoms with Gasteiger partial charge in [0.15, 0.2) is 0 Å². The van der Waals surface area contributed by atoms with E-state index in [0.29, 0.717) is 18.1 Å². The number of esters is 1. The molecule has 0 heterocycles. The van der Waals surface area contributed by atoms with Crippen molar-refractivity contribution in [1.29, 1.82) is 0 Å². The highest BCUT2D eigenvalue weighted by molar-refractivity contribution is 5.86. The molecule has 3 rings (SSSR count). The van der Waals surface area contributed by atoms with E-state index >= 15 is 0 Å². The number of carbonyl (C=O) groups excluding carboxylic acids is 1. The monoisotopic (exact) mass is 476 g/mol. The van der Waals surface area contributed by atoms with Crippen molar-refractivity contribution in [1.82, 2.24) is 0 Å². The molecule has 3 nitrogen and oxygen atoms in total. The van der Waals surface area contributed by atoms with Crippen molar-refractivity contribution in [3.05, 3.63) is 71.8 Å². The molecule has 3 heteroatoms. The molecule has 1 unspecified atom stereocenters. The SMILES string of the molecule is C=C(C)C(=O)OCC(CO)C1CCC(CCc2ccc(-c3ccc(CCCCC)cc3)cc2)CC1. The predicted octanol–water partition coefficient (Wildman–Crippen LogP) is 7.55.